The smallest absolute Gasteiger partial charge is 0.0718 e. The van der Waals surface area contributed by atoms with Crippen molar-refractivity contribution in [2.75, 3.05) is 38.8 Å². The Morgan fingerprint density at radius 3 is 2.00 bits per heavy atom. The zero-order valence-electron chi connectivity index (χ0n) is 18.4. The molecule has 0 bridgehead atoms. The first-order valence-corrected chi connectivity index (χ1v) is 12.0. The summed E-state index contributed by atoms with van der Waals surface area (Å²) in [6.07, 6.45) is 0. The Labute approximate surface area is 190 Å². The van der Waals surface area contributed by atoms with Crippen LogP contribution in [0.3, 0.4) is 0 Å². The molecule has 0 aliphatic carbocycles. The van der Waals surface area contributed by atoms with Gasteiger partial charge in [-0.05, 0) is 30.2 Å². The molecule has 0 saturated carbocycles. The second kappa shape index (κ2) is 14.1. The first-order valence-electron chi connectivity index (χ1n) is 10.9. The molecule has 2 aromatic carbocycles. The summed E-state index contributed by atoms with van der Waals surface area (Å²) in [5, 5.41) is 0. The van der Waals surface area contributed by atoms with Crippen LogP contribution in [0.2, 0.25) is 0 Å². The fraction of sp³-hybridized carbons (Fsp3) is 0.385. The van der Waals surface area contributed by atoms with Crippen molar-refractivity contribution >= 4 is 11.8 Å². The van der Waals surface area contributed by atoms with E-state index in [0.717, 1.165) is 24.7 Å². The third kappa shape index (κ3) is 8.91. The molecule has 0 radical (unpaired) electrons. The maximum absolute atomic E-state index is 5.69. The van der Waals surface area contributed by atoms with Gasteiger partial charge in [0.1, 0.15) is 0 Å². The highest BCUT2D eigenvalue weighted by atomic mass is 32.2. The lowest BCUT2D eigenvalue weighted by molar-refractivity contribution is 0.0132. The fourth-order valence-corrected chi connectivity index (χ4v) is 4.08. The van der Waals surface area contributed by atoms with Crippen molar-refractivity contribution in [3.63, 3.8) is 0 Å². The molecular weight excluding hydrogens is 406 g/mol. The lowest BCUT2D eigenvalue weighted by atomic mass is 10.2. The van der Waals surface area contributed by atoms with Crippen molar-refractivity contribution in [1.82, 2.24) is 4.57 Å². The first-order chi connectivity index (χ1) is 15.3. The molecule has 31 heavy (non-hydrogen) atoms. The second-order valence-electron chi connectivity index (χ2n) is 7.35. The van der Waals surface area contributed by atoms with E-state index in [2.05, 4.69) is 66.1 Å². The number of aryl methyl sites for hydroxylation is 1. The van der Waals surface area contributed by atoms with Crippen molar-refractivity contribution in [3.05, 3.63) is 95.3 Å². The van der Waals surface area contributed by atoms with Gasteiger partial charge in [0, 0.05) is 29.4 Å². The minimum Gasteiger partial charge on any atom is -0.378 e. The summed E-state index contributed by atoms with van der Waals surface area (Å²) in [6.45, 7) is 6.92. The fourth-order valence-electron chi connectivity index (χ4n) is 3.24. The van der Waals surface area contributed by atoms with E-state index in [-0.39, 0.29) is 0 Å². The molecule has 0 spiro atoms. The van der Waals surface area contributed by atoms with E-state index in [0.29, 0.717) is 33.0 Å². The van der Waals surface area contributed by atoms with Crippen LogP contribution in [0.4, 0.5) is 0 Å². The van der Waals surface area contributed by atoms with Crippen LogP contribution in [0, 0.1) is 6.92 Å². The number of nitrogens with zero attached hydrogens (tertiary/aromatic N) is 1. The zero-order valence-corrected chi connectivity index (χ0v) is 19.2. The average molecular weight is 440 g/mol. The minimum absolute atomic E-state index is 0.600. The van der Waals surface area contributed by atoms with E-state index in [1.54, 1.807) is 0 Å². The van der Waals surface area contributed by atoms with E-state index in [9.17, 15) is 0 Å². The standard InChI is InChI=1S/C26H33NO3S/c1-23-12-13-26(27(23)20-24-8-4-2-5-9-24)22-31-19-18-29-15-14-28-16-17-30-21-25-10-6-3-7-11-25/h2-13H,14-22H2,1H3. The summed E-state index contributed by atoms with van der Waals surface area (Å²) in [7, 11) is 0. The Hall–Kier alpha value is -2.05. The van der Waals surface area contributed by atoms with Gasteiger partial charge in [-0.3, -0.25) is 0 Å². The van der Waals surface area contributed by atoms with Crippen molar-refractivity contribution in [2.24, 2.45) is 0 Å². The summed E-state index contributed by atoms with van der Waals surface area (Å²) in [4.78, 5) is 0. The number of ether oxygens (including phenoxy) is 3. The molecular formula is C26H33NO3S. The van der Waals surface area contributed by atoms with E-state index in [1.165, 1.54) is 22.5 Å². The topological polar surface area (TPSA) is 32.6 Å². The van der Waals surface area contributed by atoms with E-state index >= 15 is 0 Å². The maximum Gasteiger partial charge on any atom is 0.0718 e. The predicted molar refractivity (Wildman–Crippen MR) is 129 cm³/mol. The third-order valence-electron chi connectivity index (χ3n) is 4.95. The van der Waals surface area contributed by atoms with Crippen LogP contribution in [0.15, 0.2) is 72.8 Å². The van der Waals surface area contributed by atoms with Gasteiger partial charge in [0.05, 0.1) is 39.6 Å². The summed E-state index contributed by atoms with van der Waals surface area (Å²) >= 11 is 1.91. The third-order valence-corrected chi connectivity index (χ3v) is 5.91. The van der Waals surface area contributed by atoms with E-state index in [1.807, 2.05) is 30.0 Å². The zero-order chi connectivity index (χ0) is 21.6. The molecule has 0 saturated heterocycles. The Bertz CT molecular complexity index is 852. The van der Waals surface area contributed by atoms with Gasteiger partial charge in [-0.15, -0.1) is 0 Å². The number of aromatic nitrogens is 1. The SMILES string of the molecule is Cc1ccc(CSCCOCCOCCOCc2ccccc2)n1Cc1ccccc1. The quantitative estimate of drug-likeness (QED) is 0.300. The van der Waals surface area contributed by atoms with Crippen LogP contribution in [-0.4, -0.2) is 43.4 Å². The highest BCUT2D eigenvalue weighted by Gasteiger charge is 2.06. The van der Waals surface area contributed by atoms with Crippen molar-refractivity contribution in [3.8, 4) is 0 Å². The minimum atomic E-state index is 0.600. The number of hydrogen-bond acceptors (Lipinski definition) is 4. The molecule has 5 heteroatoms. The number of thioether (sulfide) groups is 1. The molecule has 3 rings (SSSR count). The molecule has 0 amide bonds. The molecule has 3 aromatic rings. The summed E-state index contributed by atoms with van der Waals surface area (Å²) in [5.41, 5.74) is 5.19. The number of benzene rings is 2. The van der Waals surface area contributed by atoms with Crippen molar-refractivity contribution in [1.29, 1.82) is 0 Å². The van der Waals surface area contributed by atoms with Crippen LogP contribution in [-0.2, 0) is 33.1 Å². The van der Waals surface area contributed by atoms with E-state index in [4.69, 9.17) is 14.2 Å². The summed E-state index contributed by atoms with van der Waals surface area (Å²) in [6, 6.07) is 25.2. The van der Waals surface area contributed by atoms with Crippen molar-refractivity contribution in [2.45, 2.75) is 25.8 Å². The normalized spacial score (nSPS) is 11.1. The summed E-state index contributed by atoms with van der Waals surface area (Å²) in [5.74, 6) is 1.98. The Morgan fingerprint density at radius 2 is 1.29 bits per heavy atom. The van der Waals surface area contributed by atoms with Crippen molar-refractivity contribution < 1.29 is 14.2 Å². The second-order valence-corrected chi connectivity index (χ2v) is 8.46. The highest BCUT2D eigenvalue weighted by Crippen LogP contribution is 2.17. The Morgan fingerprint density at radius 1 is 0.677 bits per heavy atom. The lowest BCUT2D eigenvalue weighted by Crippen LogP contribution is -2.10. The molecule has 0 unspecified atom stereocenters. The van der Waals surface area contributed by atoms with Crippen LogP contribution in [0.5, 0.6) is 0 Å². The summed E-state index contributed by atoms with van der Waals surface area (Å²) < 4.78 is 19.2. The molecule has 1 aromatic heterocycles. The number of hydrogen-bond donors (Lipinski definition) is 0. The lowest BCUT2D eigenvalue weighted by Gasteiger charge is -2.12. The first kappa shape index (κ1) is 23.6. The molecule has 0 N–H and O–H groups in total. The van der Waals surface area contributed by atoms with E-state index < -0.39 is 0 Å². The molecule has 0 atom stereocenters. The van der Waals surface area contributed by atoms with Crippen LogP contribution >= 0.6 is 11.8 Å². The molecule has 0 aliphatic heterocycles. The van der Waals surface area contributed by atoms with Gasteiger partial charge in [0.2, 0.25) is 0 Å². The van der Waals surface area contributed by atoms with Gasteiger partial charge in [0.25, 0.3) is 0 Å². The average Bonchev–Trinajstić information content (AvgIpc) is 3.15. The predicted octanol–water partition coefficient (Wildman–Crippen LogP) is 5.33. The molecule has 166 valence electrons. The van der Waals surface area contributed by atoms with Gasteiger partial charge < -0.3 is 18.8 Å². The Kier molecular flexibility index (Phi) is 10.7. The number of rotatable bonds is 15. The van der Waals surface area contributed by atoms with Gasteiger partial charge in [-0.2, -0.15) is 11.8 Å². The van der Waals surface area contributed by atoms with Gasteiger partial charge >= 0.3 is 0 Å². The van der Waals surface area contributed by atoms with Gasteiger partial charge in [-0.1, -0.05) is 60.7 Å². The van der Waals surface area contributed by atoms with Gasteiger partial charge in [-0.25, -0.2) is 0 Å². The van der Waals surface area contributed by atoms with Gasteiger partial charge in [0.15, 0.2) is 0 Å². The largest absolute Gasteiger partial charge is 0.378 e. The molecule has 4 nitrogen and oxygen atoms in total. The molecule has 1 heterocycles. The maximum atomic E-state index is 5.69. The monoisotopic (exact) mass is 439 g/mol. The molecule has 0 fully saturated rings. The van der Waals surface area contributed by atoms with Crippen LogP contribution in [0.25, 0.3) is 0 Å². The van der Waals surface area contributed by atoms with Crippen LogP contribution < -0.4 is 0 Å². The Balaban J connectivity index is 1.19. The molecule has 0 aliphatic rings. The highest BCUT2D eigenvalue weighted by molar-refractivity contribution is 7.98. The van der Waals surface area contributed by atoms with Crippen LogP contribution in [0.1, 0.15) is 22.5 Å².